The molecule has 0 unspecified atom stereocenters. The molecule has 1 amide bonds. The molecule has 1 N–H and O–H groups in total. The molecule has 0 aromatic heterocycles. The highest BCUT2D eigenvalue weighted by atomic mass is 16.5. The fourth-order valence-corrected chi connectivity index (χ4v) is 2.72. The summed E-state index contributed by atoms with van der Waals surface area (Å²) >= 11 is 0. The Kier molecular flexibility index (Phi) is 8.27. The molecule has 0 aliphatic rings. The van der Waals surface area contributed by atoms with Gasteiger partial charge in [0.05, 0.1) is 32.1 Å². The van der Waals surface area contributed by atoms with Crippen molar-refractivity contribution >= 4 is 23.1 Å². The van der Waals surface area contributed by atoms with Gasteiger partial charge >= 0.3 is 5.97 Å². The highest BCUT2D eigenvalue weighted by molar-refractivity contribution is 6.07. The van der Waals surface area contributed by atoms with Crippen molar-refractivity contribution in [3.8, 4) is 11.5 Å². The van der Waals surface area contributed by atoms with E-state index in [2.05, 4.69) is 5.32 Å². The SMILES string of the molecule is CCCCOC(=O)c1ccccc1NC(=O)/C=C(\C)c1ccc(OC)cc1OC. The van der Waals surface area contributed by atoms with Crippen molar-refractivity contribution in [1.29, 1.82) is 0 Å². The number of nitrogens with one attached hydrogen (secondary N) is 1. The van der Waals surface area contributed by atoms with E-state index in [1.807, 2.05) is 19.9 Å². The Hall–Kier alpha value is -3.28. The number of amides is 1. The molecule has 0 heterocycles. The minimum absolute atomic E-state index is 0.324. The zero-order chi connectivity index (χ0) is 21.2. The Labute approximate surface area is 171 Å². The largest absolute Gasteiger partial charge is 0.497 e. The smallest absolute Gasteiger partial charge is 0.340 e. The summed E-state index contributed by atoms with van der Waals surface area (Å²) in [5.74, 6) is 0.463. The standard InChI is InChI=1S/C23H27NO5/c1-5-6-13-29-23(26)19-9-7-8-10-20(19)24-22(25)14-16(2)18-12-11-17(27-3)15-21(18)28-4/h7-12,14-15H,5-6,13H2,1-4H3,(H,24,25)/b16-14+. The van der Waals surface area contributed by atoms with E-state index in [4.69, 9.17) is 14.2 Å². The topological polar surface area (TPSA) is 73.9 Å². The third-order valence-corrected chi connectivity index (χ3v) is 4.32. The average molecular weight is 397 g/mol. The number of unbranched alkanes of at least 4 members (excludes halogenated alkanes) is 1. The van der Waals surface area contributed by atoms with Crippen LogP contribution in [-0.2, 0) is 9.53 Å². The van der Waals surface area contributed by atoms with Crippen molar-refractivity contribution in [2.75, 3.05) is 26.1 Å². The molecule has 6 nitrogen and oxygen atoms in total. The quantitative estimate of drug-likeness (QED) is 0.377. The molecule has 29 heavy (non-hydrogen) atoms. The number of ether oxygens (including phenoxy) is 3. The van der Waals surface area contributed by atoms with E-state index in [-0.39, 0.29) is 5.91 Å². The molecule has 0 spiro atoms. The molecule has 0 aliphatic carbocycles. The van der Waals surface area contributed by atoms with E-state index >= 15 is 0 Å². The Morgan fingerprint density at radius 2 is 1.79 bits per heavy atom. The predicted molar refractivity (Wildman–Crippen MR) is 113 cm³/mol. The van der Waals surface area contributed by atoms with Gasteiger partial charge < -0.3 is 19.5 Å². The molecule has 0 saturated heterocycles. The van der Waals surface area contributed by atoms with Gasteiger partial charge in [-0.15, -0.1) is 0 Å². The third kappa shape index (κ3) is 6.10. The molecule has 0 bridgehead atoms. The van der Waals surface area contributed by atoms with Crippen LogP contribution in [-0.4, -0.2) is 32.7 Å². The molecule has 0 saturated carbocycles. The van der Waals surface area contributed by atoms with Crippen LogP contribution < -0.4 is 14.8 Å². The van der Waals surface area contributed by atoms with Gasteiger partial charge in [-0.2, -0.15) is 0 Å². The summed E-state index contributed by atoms with van der Waals surface area (Å²) in [6.07, 6.45) is 3.19. The van der Waals surface area contributed by atoms with E-state index in [9.17, 15) is 9.59 Å². The number of anilines is 1. The lowest BCUT2D eigenvalue weighted by Crippen LogP contribution is -2.14. The van der Waals surface area contributed by atoms with Crippen molar-refractivity contribution in [3.05, 3.63) is 59.7 Å². The van der Waals surface area contributed by atoms with Crippen LogP contribution in [0, 0.1) is 0 Å². The van der Waals surface area contributed by atoms with Crippen molar-refractivity contribution in [2.24, 2.45) is 0 Å². The summed E-state index contributed by atoms with van der Waals surface area (Å²) in [6.45, 7) is 4.19. The summed E-state index contributed by atoms with van der Waals surface area (Å²) in [6, 6.07) is 12.2. The van der Waals surface area contributed by atoms with E-state index in [0.717, 1.165) is 18.4 Å². The molecule has 154 valence electrons. The normalized spacial score (nSPS) is 11.0. The van der Waals surface area contributed by atoms with Gasteiger partial charge in [0.15, 0.2) is 0 Å². The first kappa shape index (κ1) is 22.0. The van der Waals surface area contributed by atoms with Crippen molar-refractivity contribution < 1.29 is 23.8 Å². The van der Waals surface area contributed by atoms with Gasteiger partial charge in [-0.3, -0.25) is 4.79 Å². The summed E-state index contributed by atoms with van der Waals surface area (Å²) in [5.41, 5.74) is 2.22. The number of hydrogen-bond donors (Lipinski definition) is 1. The van der Waals surface area contributed by atoms with Crippen molar-refractivity contribution in [3.63, 3.8) is 0 Å². The highest BCUT2D eigenvalue weighted by Crippen LogP contribution is 2.30. The first-order valence-electron chi connectivity index (χ1n) is 9.48. The van der Waals surface area contributed by atoms with Crippen LogP contribution in [0.4, 0.5) is 5.69 Å². The van der Waals surface area contributed by atoms with E-state index < -0.39 is 5.97 Å². The number of rotatable bonds is 9. The number of esters is 1. The molecule has 0 radical (unpaired) electrons. The number of benzene rings is 2. The third-order valence-electron chi connectivity index (χ3n) is 4.32. The van der Waals surface area contributed by atoms with E-state index in [1.165, 1.54) is 6.08 Å². The summed E-state index contributed by atoms with van der Waals surface area (Å²) < 4.78 is 15.9. The summed E-state index contributed by atoms with van der Waals surface area (Å²) in [4.78, 5) is 24.8. The maximum atomic E-state index is 12.5. The Morgan fingerprint density at radius 3 is 2.48 bits per heavy atom. The van der Waals surface area contributed by atoms with Crippen LogP contribution >= 0.6 is 0 Å². The fraction of sp³-hybridized carbons (Fsp3) is 0.304. The van der Waals surface area contributed by atoms with Gasteiger partial charge in [-0.25, -0.2) is 4.79 Å². The van der Waals surface area contributed by atoms with Crippen LogP contribution in [0.5, 0.6) is 11.5 Å². The first-order chi connectivity index (χ1) is 14.0. The lowest BCUT2D eigenvalue weighted by molar-refractivity contribution is -0.111. The second-order valence-corrected chi connectivity index (χ2v) is 6.42. The maximum Gasteiger partial charge on any atom is 0.340 e. The molecule has 2 rings (SSSR count). The van der Waals surface area contributed by atoms with Crippen molar-refractivity contribution in [2.45, 2.75) is 26.7 Å². The Balaban J connectivity index is 2.18. The number of para-hydroxylation sites is 1. The van der Waals surface area contributed by atoms with Gasteiger partial charge in [-0.05, 0) is 43.2 Å². The summed E-state index contributed by atoms with van der Waals surface area (Å²) in [5, 5.41) is 2.76. The van der Waals surface area contributed by atoms with Gasteiger partial charge in [0.1, 0.15) is 11.5 Å². The monoisotopic (exact) mass is 397 g/mol. The van der Waals surface area contributed by atoms with Crippen LogP contribution in [0.1, 0.15) is 42.6 Å². The van der Waals surface area contributed by atoms with Crippen LogP contribution in [0.3, 0.4) is 0 Å². The van der Waals surface area contributed by atoms with Gasteiger partial charge in [0.2, 0.25) is 5.91 Å². The second kappa shape index (κ2) is 10.9. The molecule has 2 aromatic carbocycles. The zero-order valence-electron chi connectivity index (χ0n) is 17.3. The lowest BCUT2D eigenvalue weighted by atomic mass is 10.1. The first-order valence-corrected chi connectivity index (χ1v) is 9.48. The van der Waals surface area contributed by atoms with Gasteiger partial charge in [0, 0.05) is 17.7 Å². The maximum absolute atomic E-state index is 12.5. The van der Waals surface area contributed by atoms with Gasteiger partial charge in [-0.1, -0.05) is 25.5 Å². The number of carbonyl (C=O) groups excluding carboxylic acids is 2. The number of methoxy groups -OCH3 is 2. The van der Waals surface area contributed by atoms with Gasteiger partial charge in [0.25, 0.3) is 0 Å². The fourth-order valence-electron chi connectivity index (χ4n) is 2.72. The minimum Gasteiger partial charge on any atom is -0.497 e. The van der Waals surface area contributed by atoms with E-state index in [0.29, 0.717) is 34.9 Å². The Morgan fingerprint density at radius 1 is 1.03 bits per heavy atom. The van der Waals surface area contributed by atoms with Crippen LogP contribution in [0.15, 0.2) is 48.5 Å². The highest BCUT2D eigenvalue weighted by Gasteiger charge is 2.14. The molecule has 0 fully saturated rings. The summed E-state index contributed by atoms with van der Waals surface area (Å²) in [7, 11) is 3.14. The lowest BCUT2D eigenvalue weighted by Gasteiger charge is -2.12. The Bertz CT molecular complexity index is 889. The number of allylic oxidation sites excluding steroid dienone is 1. The molecule has 0 atom stereocenters. The van der Waals surface area contributed by atoms with Crippen LogP contribution in [0.2, 0.25) is 0 Å². The molecular weight excluding hydrogens is 370 g/mol. The van der Waals surface area contributed by atoms with Crippen LogP contribution in [0.25, 0.3) is 5.57 Å². The molecular formula is C23H27NO5. The molecule has 0 aliphatic heterocycles. The van der Waals surface area contributed by atoms with E-state index in [1.54, 1.807) is 50.6 Å². The molecule has 6 heteroatoms. The average Bonchev–Trinajstić information content (AvgIpc) is 2.73. The minimum atomic E-state index is -0.452. The number of carbonyl (C=O) groups is 2. The number of hydrogen-bond acceptors (Lipinski definition) is 5. The second-order valence-electron chi connectivity index (χ2n) is 6.42. The zero-order valence-corrected chi connectivity index (χ0v) is 17.3. The predicted octanol–water partition coefficient (Wildman–Crippen LogP) is 4.70. The molecule has 2 aromatic rings. The van der Waals surface area contributed by atoms with Crippen molar-refractivity contribution in [1.82, 2.24) is 0 Å².